The molecule has 0 bridgehead atoms. The lowest BCUT2D eigenvalue weighted by Crippen LogP contribution is -2.41. The van der Waals surface area contributed by atoms with Crippen molar-refractivity contribution in [1.29, 1.82) is 0 Å². The standard InChI is InChI=1S/C24H29N7O3S/c1-16(2)30-14-21(25-27-30)10-19-12-29(35(33,34)23-8-6-18(5)7-9-23)13-20(24(19)32)11-22-15-31(17(3)4)28-26-22/h6-11,14-17H,12-13H2,1-5H3. The molecule has 0 atom stereocenters. The summed E-state index contributed by atoms with van der Waals surface area (Å²) >= 11 is 0. The first-order valence-corrected chi connectivity index (χ1v) is 12.8. The van der Waals surface area contributed by atoms with Crippen LogP contribution in [0.4, 0.5) is 0 Å². The van der Waals surface area contributed by atoms with E-state index in [0.29, 0.717) is 22.5 Å². The van der Waals surface area contributed by atoms with Crippen molar-refractivity contribution in [3.63, 3.8) is 0 Å². The molecule has 3 aromatic rings. The number of aromatic nitrogens is 6. The van der Waals surface area contributed by atoms with E-state index in [0.717, 1.165) is 5.56 Å². The number of Topliss-reactive ketones (excluding diaryl/α,β-unsaturated/α-hetero) is 1. The first kappa shape index (κ1) is 24.7. The molecule has 4 rings (SSSR count). The largest absolute Gasteiger partial charge is 0.289 e. The van der Waals surface area contributed by atoms with Crippen molar-refractivity contribution in [2.24, 2.45) is 0 Å². The highest BCUT2D eigenvalue weighted by Crippen LogP contribution is 2.27. The summed E-state index contributed by atoms with van der Waals surface area (Å²) in [5, 5.41) is 16.4. The Labute approximate surface area is 205 Å². The van der Waals surface area contributed by atoms with Gasteiger partial charge in [-0.1, -0.05) is 28.1 Å². The number of rotatable bonds is 6. The minimum atomic E-state index is -3.85. The summed E-state index contributed by atoms with van der Waals surface area (Å²) < 4.78 is 31.6. The number of ketones is 1. The molecule has 10 nitrogen and oxygen atoms in total. The Kier molecular flexibility index (Phi) is 6.82. The van der Waals surface area contributed by atoms with Crippen LogP contribution in [-0.4, -0.2) is 61.6 Å². The minimum Gasteiger partial charge on any atom is -0.289 e. The number of sulfonamides is 1. The highest BCUT2D eigenvalue weighted by Gasteiger charge is 2.34. The molecule has 1 aromatic carbocycles. The van der Waals surface area contributed by atoms with Crippen LogP contribution in [0.3, 0.4) is 0 Å². The van der Waals surface area contributed by atoms with Crippen molar-refractivity contribution in [1.82, 2.24) is 34.3 Å². The van der Waals surface area contributed by atoms with Gasteiger partial charge >= 0.3 is 0 Å². The highest BCUT2D eigenvalue weighted by atomic mass is 32.2. The van der Waals surface area contributed by atoms with Crippen LogP contribution in [0.2, 0.25) is 0 Å². The number of piperidine rings is 1. The number of carbonyl (C=O) groups is 1. The topological polar surface area (TPSA) is 116 Å². The second kappa shape index (κ2) is 9.67. The molecule has 0 amide bonds. The van der Waals surface area contributed by atoms with Gasteiger partial charge in [-0.25, -0.2) is 17.8 Å². The quantitative estimate of drug-likeness (QED) is 0.483. The van der Waals surface area contributed by atoms with Gasteiger partial charge in [-0.3, -0.25) is 4.79 Å². The van der Waals surface area contributed by atoms with Crippen LogP contribution in [-0.2, 0) is 14.8 Å². The molecule has 11 heteroatoms. The fraction of sp³-hybridized carbons (Fsp3) is 0.375. The lowest BCUT2D eigenvalue weighted by atomic mass is 9.97. The van der Waals surface area contributed by atoms with Gasteiger partial charge in [0.25, 0.3) is 0 Å². The average molecular weight is 496 g/mol. The van der Waals surface area contributed by atoms with Crippen LogP contribution in [0, 0.1) is 6.92 Å². The number of hydrogen-bond acceptors (Lipinski definition) is 7. The predicted octanol–water partition coefficient (Wildman–Crippen LogP) is 3.08. The van der Waals surface area contributed by atoms with Crippen molar-refractivity contribution in [2.75, 3.05) is 13.1 Å². The van der Waals surface area contributed by atoms with Crippen LogP contribution >= 0.6 is 0 Å². The molecule has 3 heterocycles. The first-order chi connectivity index (χ1) is 16.5. The second-order valence-corrected chi connectivity index (χ2v) is 11.1. The third-order valence-corrected chi connectivity index (χ3v) is 7.50. The van der Waals surface area contributed by atoms with E-state index in [4.69, 9.17) is 0 Å². The van der Waals surface area contributed by atoms with E-state index in [9.17, 15) is 13.2 Å². The molecule has 0 aliphatic carbocycles. The van der Waals surface area contributed by atoms with E-state index in [1.54, 1.807) is 58.2 Å². The van der Waals surface area contributed by atoms with E-state index >= 15 is 0 Å². The molecule has 35 heavy (non-hydrogen) atoms. The van der Waals surface area contributed by atoms with E-state index < -0.39 is 10.0 Å². The first-order valence-electron chi connectivity index (χ1n) is 11.4. The van der Waals surface area contributed by atoms with Crippen molar-refractivity contribution in [2.45, 2.75) is 51.6 Å². The Morgan fingerprint density at radius 2 is 1.29 bits per heavy atom. The predicted molar refractivity (Wildman–Crippen MR) is 132 cm³/mol. The number of aryl methyl sites for hydroxylation is 1. The maximum Gasteiger partial charge on any atom is 0.243 e. The van der Waals surface area contributed by atoms with Crippen molar-refractivity contribution in [3.8, 4) is 0 Å². The molecule has 2 aromatic heterocycles. The van der Waals surface area contributed by atoms with Gasteiger partial charge < -0.3 is 0 Å². The molecule has 1 saturated heterocycles. The van der Waals surface area contributed by atoms with Gasteiger partial charge in [-0.15, -0.1) is 10.2 Å². The Hall–Kier alpha value is -3.44. The molecule has 184 valence electrons. The van der Waals surface area contributed by atoms with Gasteiger partial charge in [-0.05, 0) is 58.9 Å². The zero-order valence-electron chi connectivity index (χ0n) is 20.5. The van der Waals surface area contributed by atoms with Gasteiger partial charge in [0.15, 0.2) is 5.78 Å². The van der Waals surface area contributed by atoms with Crippen molar-refractivity contribution in [3.05, 3.63) is 64.8 Å². The van der Waals surface area contributed by atoms with E-state index in [1.165, 1.54) is 4.31 Å². The molecular weight excluding hydrogens is 466 g/mol. The fourth-order valence-corrected chi connectivity index (χ4v) is 5.01. The number of hydrogen-bond donors (Lipinski definition) is 0. The molecule has 0 unspecified atom stereocenters. The molecule has 0 N–H and O–H groups in total. The van der Waals surface area contributed by atoms with Crippen LogP contribution in [0.25, 0.3) is 12.2 Å². The van der Waals surface area contributed by atoms with Crippen molar-refractivity contribution >= 4 is 28.0 Å². The highest BCUT2D eigenvalue weighted by molar-refractivity contribution is 7.89. The Balaban J connectivity index is 1.75. The van der Waals surface area contributed by atoms with Crippen LogP contribution in [0.5, 0.6) is 0 Å². The monoisotopic (exact) mass is 495 g/mol. The lowest BCUT2D eigenvalue weighted by molar-refractivity contribution is -0.113. The Morgan fingerprint density at radius 1 is 0.829 bits per heavy atom. The SMILES string of the molecule is Cc1ccc(S(=O)(=O)N2CC(=Cc3cn(C(C)C)nn3)C(=O)C(=Cc3cn(C(C)C)nn3)C2)cc1. The molecule has 0 spiro atoms. The van der Waals surface area contributed by atoms with Crippen LogP contribution in [0.1, 0.15) is 56.7 Å². The Morgan fingerprint density at radius 3 is 1.69 bits per heavy atom. The van der Waals surface area contributed by atoms with Gasteiger partial charge in [0, 0.05) is 36.3 Å². The van der Waals surface area contributed by atoms with E-state index in [1.807, 2.05) is 34.6 Å². The average Bonchev–Trinajstić information content (AvgIpc) is 3.46. The number of carbonyl (C=O) groups excluding carboxylic acids is 1. The van der Waals surface area contributed by atoms with Crippen LogP contribution in [0.15, 0.2) is 52.7 Å². The smallest absolute Gasteiger partial charge is 0.243 e. The normalized spacial score (nSPS) is 17.9. The maximum atomic E-state index is 13.5. The van der Waals surface area contributed by atoms with Gasteiger partial charge in [-0.2, -0.15) is 4.31 Å². The zero-order chi connectivity index (χ0) is 25.3. The van der Waals surface area contributed by atoms with Crippen molar-refractivity contribution < 1.29 is 13.2 Å². The molecule has 0 saturated carbocycles. The molecule has 1 aliphatic heterocycles. The van der Waals surface area contributed by atoms with Gasteiger partial charge in [0.1, 0.15) is 11.4 Å². The number of benzene rings is 1. The summed E-state index contributed by atoms with van der Waals surface area (Å²) in [4.78, 5) is 13.6. The summed E-state index contributed by atoms with van der Waals surface area (Å²) in [7, 11) is -3.85. The van der Waals surface area contributed by atoms with E-state index in [-0.39, 0.29) is 35.9 Å². The van der Waals surface area contributed by atoms with Crippen LogP contribution < -0.4 is 0 Å². The summed E-state index contributed by atoms with van der Waals surface area (Å²) in [5.41, 5.74) is 2.55. The number of nitrogens with zero attached hydrogens (tertiary/aromatic N) is 7. The third-order valence-electron chi connectivity index (χ3n) is 5.69. The fourth-order valence-electron chi connectivity index (χ4n) is 3.61. The third kappa shape index (κ3) is 5.30. The van der Waals surface area contributed by atoms with Gasteiger partial charge in [0.05, 0.1) is 17.3 Å². The summed E-state index contributed by atoms with van der Waals surface area (Å²) in [6, 6.07) is 6.88. The maximum absolute atomic E-state index is 13.5. The second-order valence-electron chi connectivity index (χ2n) is 9.19. The molecule has 1 aliphatic rings. The van der Waals surface area contributed by atoms with Gasteiger partial charge in [0.2, 0.25) is 10.0 Å². The summed E-state index contributed by atoms with van der Waals surface area (Å²) in [6.07, 6.45) is 6.67. The Bertz CT molecular complexity index is 1330. The zero-order valence-corrected chi connectivity index (χ0v) is 21.3. The van der Waals surface area contributed by atoms with E-state index in [2.05, 4.69) is 20.6 Å². The minimum absolute atomic E-state index is 0.0698. The molecular formula is C24H29N7O3S. The summed E-state index contributed by atoms with van der Waals surface area (Å²) in [6.45, 7) is 9.64. The molecule has 1 fully saturated rings. The lowest BCUT2D eigenvalue weighted by Gasteiger charge is -2.29. The molecule has 0 radical (unpaired) electrons. The summed E-state index contributed by atoms with van der Waals surface area (Å²) in [5.74, 6) is -0.251.